The molecule has 2 aromatic heterocycles. The number of hydrogen-bond acceptors (Lipinski definition) is 3. The van der Waals surface area contributed by atoms with Crippen molar-refractivity contribution < 1.29 is 0 Å². The molecular weight excluding hydrogens is 248 g/mol. The van der Waals surface area contributed by atoms with E-state index < -0.39 is 0 Å². The monoisotopic (exact) mass is 270 g/mol. The second kappa shape index (κ2) is 6.07. The first-order valence-corrected chi connectivity index (χ1v) is 7.56. The minimum absolute atomic E-state index is 0.610. The zero-order valence-electron chi connectivity index (χ0n) is 12.0. The summed E-state index contributed by atoms with van der Waals surface area (Å²) in [6.07, 6.45) is 13.9. The van der Waals surface area contributed by atoms with E-state index in [1.807, 2.05) is 23.0 Å². The van der Waals surface area contributed by atoms with E-state index >= 15 is 0 Å². The van der Waals surface area contributed by atoms with E-state index in [-0.39, 0.29) is 0 Å². The summed E-state index contributed by atoms with van der Waals surface area (Å²) >= 11 is 0. The minimum atomic E-state index is 0.610. The predicted octanol–water partition coefficient (Wildman–Crippen LogP) is 3.65. The van der Waals surface area contributed by atoms with E-state index in [9.17, 15) is 0 Å². The molecule has 4 heteroatoms. The van der Waals surface area contributed by atoms with Crippen molar-refractivity contribution in [1.82, 2.24) is 14.5 Å². The SMILES string of the molecule is CCC1CCC(Nc2ccc(-n3ccnc3)nc2)CC1. The third kappa shape index (κ3) is 3.00. The van der Waals surface area contributed by atoms with Gasteiger partial charge in [0, 0.05) is 18.4 Å². The largest absolute Gasteiger partial charge is 0.381 e. The molecule has 0 amide bonds. The van der Waals surface area contributed by atoms with Crippen LogP contribution >= 0.6 is 0 Å². The van der Waals surface area contributed by atoms with Gasteiger partial charge in [-0.1, -0.05) is 13.3 Å². The van der Waals surface area contributed by atoms with Crippen LogP contribution in [0.3, 0.4) is 0 Å². The number of pyridine rings is 1. The van der Waals surface area contributed by atoms with Crippen molar-refractivity contribution in [2.45, 2.75) is 45.1 Å². The molecule has 0 atom stereocenters. The molecule has 1 aliphatic carbocycles. The number of anilines is 1. The Morgan fingerprint density at radius 2 is 2.10 bits per heavy atom. The molecule has 0 saturated heterocycles. The van der Waals surface area contributed by atoms with Crippen LogP contribution in [0.25, 0.3) is 5.82 Å². The lowest BCUT2D eigenvalue weighted by molar-refractivity contribution is 0.330. The van der Waals surface area contributed by atoms with Crippen molar-refractivity contribution in [2.24, 2.45) is 5.92 Å². The molecule has 106 valence electrons. The highest BCUT2D eigenvalue weighted by Gasteiger charge is 2.19. The standard InChI is InChI=1S/C16H22N4/c1-2-13-3-5-14(6-4-13)19-15-7-8-16(18-11-15)20-10-9-17-12-20/h7-14,19H,2-6H2,1H3. The third-order valence-electron chi connectivity index (χ3n) is 4.31. The third-order valence-corrected chi connectivity index (χ3v) is 4.31. The molecule has 2 heterocycles. The van der Waals surface area contributed by atoms with Crippen molar-refractivity contribution >= 4 is 5.69 Å². The second-order valence-corrected chi connectivity index (χ2v) is 5.65. The van der Waals surface area contributed by atoms with E-state index in [1.54, 1.807) is 12.5 Å². The van der Waals surface area contributed by atoms with Gasteiger partial charge in [0.2, 0.25) is 0 Å². The molecule has 3 rings (SSSR count). The van der Waals surface area contributed by atoms with Crippen LogP contribution in [-0.4, -0.2) is 20.6 Å². The first kappa shape index (κ1) is 13.2. The Hall–Kier alpha value is -1.84. The van der Waals surface area contributed by atoms with Crippen molar-refractivity contribution in [3.8, 4) is 5.82 Å². The Morgan fingerprint density at radius 3 is 2.70 bits per heavy atom. The van der Waals surface area contributed by atoms with Crippen molar-refractivity contribution in [2.75, 3.05) is 5.32 Å². The van der Waals surface area contributed by atoms with E-state index in [1.165, 1.54) is 32.1 Å². The fraction of sp³-hybridized carbons (Fsp3) is 0.500. The molecule has 1 N–H and O–H groups in total. The lowest BCUT2D eigenvalue weighted by atomic mass is 9.84. The van der Waals surface area contributed by atoms with E-state index in [4.69, 9.17) is 0 Å². The minimum Gasteiger partial charge on any atom is -0.381 e. The molecule has 0 bridgehead atoms. The summed E-state index contributed by atoms with van der Waals surface area (Å²) in [6.45, 7) is 2.30. The Bertz CT molecular complexity index is 510. The average molecular weight is 270 g/mol. The summed E-state index contributed by atoms with van der Waals surface area (Å²) in [5.74, 6) is 1.84. The van der Waals surface area contributed by atoms with Crippen LogP contribution in [-0.2, 0) is 0 Å². The van der Waals surface area contributed by atoms with E-state index in [0.717, 1.165) is 17.4 Å². The number of nitrogens with zero attached hydrogens (tertiary/aromatic N) is 3. The molecule has 0 aliphatic heterocycles. The molecule has 0 radical (unpaired) electrons. The van der Waals surface area contributed by atoms with Crippen molar-refractivity contribution in [3.05, 3.63) is 37.1 Å². The number of nitrogens with one attached hydrogen (secondary N) is 1. The predicted molar refractivity (Wildman–Crippen MR) is 81.0 cm³/mol. The summed E-state index contributed by atoms with van der Waals surface area (Å²) in [4.78, 5) is 8.52. The highest BCUT2D eigenvalue weighted by Crippen LogP contribution is 2.28. The van der Waals surface area contributed by atoms with Gasteiger partial charge in [-0.05, 0) is 43.7 Å². The molecule has 1 aliphatic rings. The highest BCUT2D eigenvalue weighted by atomic mass is 15.1. The van der Waals surface area contributed by atoms with Crippen LogP contribution in [0.1, 0.15) is 39.0 Å². The lowest BCUT2D eigenvalue weighted by Crippen LogP contribution is -2.25. The molecule has 0 aromatic carbocycles. The van der Waals surface area contributed by atoms with Crippen LogP contribution < -0.4 is 5.32 Å². The van der Waals surface area contributed by atoms with Gasteiger partial charge in [0.15, 0.2) is 0 Å². The summed E-state index contributed by atoms with van der Waals surface area (Å²) in [6, 6.07) is 4.74. The highest BCUT2D eigenvalue weighted by molar-refractivity contribution is 5.44. The normalized spacial score (nSPS) is 22.6. The van der Waals surface area contributed by atoms with E-state index in [2.05, 4.69) is 28.3 Å². The van der Waals surface area contributed by atoms with Gasteiger partial charge in [0.05, 0.1) is 11.9 Å². The first-order valence-electron chi connectivity index (χ1n) is 7.56. The van der Waals surface area contributed by atoms with Crippen LogP contribution in [0.5, 0.6) is 0 Å². The van der Waals surface area contributed by atoms with Gasteiger partial charge >= 0.3 is 0 Å². The molecule has 1 saturated carbocycles. The van der Waals surface area contributed by atoms with Crippen molar-refractivity contribution in [3.63, 3.8) is 0 Å². The van der Waals surface area contributed by atoms with Gasteiger partial charge in [-0.25, -0.2) is 9.97 Å². The van der Waals surface area contributed by atoms with Gasteiger partial charge in [0.1, 0.15) is 12.1 Å². The molecule has 2 aromatic rings. The zero-order valence-corrected chi connectivity index (χ0v) is 12.0. The lowest BCUT2D eigenvalue weighted by Gasteiger charge is -2.29. The van der Waals surface area contributed by atoms with Gasteiger partial charge in [-0.3, -0.25) is 4.57 Å². The van der Waals surface area contributed by atoms with Crippen LogP contribution in [0.2, 0.25) is 0 Å². The summed E-state index contributed by atoms with van der Waals surface area (Å²) in [5.41, 5.74) is 1.12. The Kier molecular flexibility index (Phi) is 4.00. The van der Waals surface area contributed by atoms with Gasteiger partial charge in [-0.2, -0.15) is 0 Å². The average Bonchev–Trinajstić information content (AvgIpc) is 3.03. The fourth-order valence-corrected chi connectivity index (χ4v) is 2.97. The Morgan fingerprint density at radius 1 is 1.25 bits per heavy atom. The van der Waals surface area contributed by atoms with Crippen molar-refractivity contribution in [1.29, 1.82) is 0 Å². The maximum absolute atomic E-state index is 4.48. The zero-order chi connectivity index (χ0) is 13.8. The van der Waals surface area contributed by atoms with Crippen LogP contribution in [0, 0.1) is 5.92 Å². The second-order valence-electron chi connectivity index (χ2n) is 5.65. The molecule has 0 spiro atoms. The van der Waals surface area contributed by atoms with E-state index in [0.29, 0.717) is 6.04 Å². The maximum atomic E-state index is 4.48. The summed E-state index contributed by atoms with van der Waals surface area (Å²) in [5, 5.41) is 3.61. The summed E-state index contributed by atoms with van der Waals surface area (Å²) in [7, 11) is 0. The Labute approximate surface area is 120 Å². The maximum Gasteiger partial charge on any atom is 0.137 e. The topological polar surface area (TPSA) is 42.7 Å². The molecule has 4 nitrogen and oxygen atoms in total. The fourth-order valence-electron chi connectivity index (χ4n) is 2.97. The smallest absolute Gasteiger partial charge is 0.137 e. The number of imidazole rings is 1. The molecule has 0 unspecified atom stereocenters. The van der Waals surface area contributed by atoms with Crippen LogP contribution in [0.15, 0.2) is 37.1 Å². The van der Waals surface area contributed by atoms with Gasteiger partial charge < -0.3 is 5.32 Å². The number of rotatable bonds is 4. The van der Waals surface area contributed by atoms with Gasteiger partial charge in [0.25, 0.3) is 0 Å². The van der Waals surface area contributed by atoms with Gasteiger partial charge in [-0.15, -0.1) is 0 Å². The first-order chi connectivity index (χ1) is 9.85. The molecule has 1 fully saturated rings. The quantitative estimate of drug-likeness (QED) is 0.922. The summed E-state index contributed by atoms with van der Waals surface area (Å²) < 4.78 is 1.91. The number of aromatic nitrogens is 3. The molecular formula is C16H22N4. The number of hydrogen-bond donors (Lipinski definition) is 1. The molecule has 20 heavy (non-hydrogen) atoms. The van der Waals surface area contributed by atoms with Crippen LogP contribution in [0.4, 0.5) is 5.69 Å². The Balaban J connectivity index is 1.59.